The van der Waals surface area contributed by atoms with Crippen molar-refractivity contribution in [3.8, 4) is 11.5 Å². The van der Waals surface area contributed by atoms with Gasteiger partial charge >= 0.3 is 5.97 Å². The third-order valence-electron chi connectivity index (χ3n) is 2.01. The summed E-state index contributed by atoms with van der Waals surface area (Å²) >= 11 is 0. The van der Waals surface area contributed by atoms with E-state index in [-0.39, 0.29) is 17.1 Å². The number of methoxy groups -OCH3 is 1. The largest absolute Gasteiger partial charge is 0.490 e. The smallest absolute Gasteiger partial charge is 0.341 e. The predicted molar refractivity (Wildman–Crippen MR) is 60.1 cm³/mol. The number of carbonyl (C=O) groups is 1. The van der Waals surface area contributed by atoms with Crippen molar-refractivity contribution in [2.45, 2.75) is 13.8 Å². The molecular weight excluding hydrogens is 227 g/mol. The van der Waals surface area contributed by atoms with Gasteiger partial charge in [0.2, 0.25) is 0 Å². The Hall–Kier alpha value is -1.78. The van der Waals surface area contributed by atoms with Crippen molar-refractivity contribution < 1.29 is 23.4 Å². The minimum Gasteiger partial charge on any atom is -0.490 e. The molecule has 1 aromatic rings. The summed E-state index contributed by atoms with van der Waals surface area (Å²) in [5.74, 6) is -0.816. The van der Waals surface area contributed by atoms with E-state index in [2.05, 4.69) is 4.74 Å². The van der Waals surface area contributed by atoms with Gasteiger partial charge in [0.15, 0.2) is 11.5 Å². The van der Waals surface area contributed by atoms with Gasteiger partial charge in [-0.25, -0.2) is 9.18 Å². The lowest BCUT2D eigenvalue weighted by Crippen LogP contribution is -2.08. The van der Waals surface area contributed by atoms with Gasteiger partial charge in [0.05, 0.1) is 20.3 Å². The topological polar surface area (TPSA) is 44.8 Å². The van der Waals surface area contributed by atoms with E-state index in [0.717, 1.165) is 6.07 Å². The van der Waals surface area contributed by atoms with E-state index in [1.165, 1.54) is 13.2 Å². The molecule has 1 aromatic carbocycles. The summed E-state index contributed by atoms with van der Waals surface area (Å²) in [5.41, 5.74) is 0.0257. The maximum absolute atomic E-state index is 13.3. The summed E-state index contributed by atoms with van der Waals surface area (Å²) in [6.45, 7) is 4.22. The average molecular weight is 242 g/mol. The molecule has 0 saturated heterocycles. The molecule has 5 heteroatoms. The highest BCUT2D eigenvalue weighted by molar-refractivity contribution is 5.93. The fourth-order valence-corrected chi connectivity index (χ4v) is 1.39. The van der Waals surface area contributed by atoms with Crippen LogP contribution in [0.3, 0.4) is 0 Å². The van der Waals surface area contributed by atoms with Gasteiger partial charge in [-0.2, -0.15) is 0 Å². The number of carbonyl (C=O) groups excluding carboxylic acids is 1. The van der Waals surface area contributed by atoms with E-state index in [9.17, 15) is 9.18 Å². The van der Waals surface area contributed by atoms with E-state index in [0.29, 0.717) is 13.2 Å². The fraction of sp³-hybridized carbons (Fsp3) is 0.417. The molecule has 0 unspecified atom stereocenters. The molecule has 0 bridgehead atoms. The number of rotatable bonds is 5. The fourth-order valence-electron chi connectivity index (χ4n) is 1.39. The highest BCUT2D eigenvalue weighted by Gasteiger charge is 2.19. The predicted octanol–water partition coefficient (Wildman–Crippen LogP) is 2.41. The van der Waals surface area contributed by atoms with Crippen molar-refractivity contribution in [1.29, 1.82) is 0 Å². The van der Waals surface area contributed by atoms with Gasteiger partial charge in [0.25, 0.3) is 0 Å². The van der Waals surface area contributed by atoms with E-state index < -0.39 is 11.8 Å². The standard InChI is InChI=1S/C12H15FO4/c1-4-16-10-7-8(13)6-9(12(14)15-3)11(10)17-5-2/h6-7H,4-5H2,1-3H3. The molecule has 17 heavy (non-hydrogen) atoms. The first-order chi connectivity index (χ1) is 8.13. The Morgan fingerprint density at radius 2 is 1.88 bits per heavy atom. The summed E-state index contributed by atoms with van der Waals surface area (Å²) in [7, 11) is 1.23. The lowest BCUT2D eigenvalue weighted by atomic mass is 10.2. The third-order valence-corrected chi connectivity index (χ3v) is 2.01. The Morgan fingerprint density at radius 3 is 2.41 bits per heavy atom. The van der Waals surface area contributed by atoms with E-state index in [4.69, 9.17) is 9.47 Å². The monoisotopic (exact) mass is 242 g/mol. The highest BCUT2D eigenvalue weighted by Crippen LogP contribution is 2.33. The molecule has 0 aliphatic heterocycles. The molecule has 0 heterocycles. The maximum atomic E-state index is 13.3. The van der Waals surface area contributed by atoms with Crippen LogP contribution in [0.25, 0.3) is 0 Å². The Morgan fingerprint density at radius 1 is 1.24 bits per heavy atom. The van der Waals surface area contributed by atoms with Crippen LogP contribution < -0.4 is 9.47 Å². The molecular formula is C12H15FO4. The molecule has 94 valence electrons. The minimum absolute atomic E-state index is 0.0257. The van der Waals surface area contributed by atoms with Crippen molar-refractivity contribution >= 4 is 5.97 Å². The van der Waals surface area contributed by atoms with Gasteiger partial charge in [-0.15, -0.1) is 0 Å². The van der Waals surface area contributed by atoms with Crippen molar-refractivity contribution in [3.63, 3.8) is 0 Å². The van der Waals surface area contributed by atoms with Crippen LogP contribution in [0.2, 0.25) is 0 Å². The summed E-state index contributed by atoms with van der Waals surface area (Å²) < 4.78 is 28.4. The summed E-state index contributed by atoms with van der Waals surface area (Å²) in [5, 5.41) is 0. The van der Waals surface area contributed by atoms with Crippen LogP contribution in [-0.4, -0.2) is 26.3 Å². The quantitative estimate of drug-likeness (QED) is 0.744. The first kappa shape index (κ1) is 13.3. The van der Waals surface area contributed by atoms with Gasteiger partial charge in [-0.3, -0.25) is 0 Å². The molecule has 0 fully saturated rings. The number of hydrogen-bond acceptors (Lipinski definition) is 4. The van der Waals surface area contributed by atoms with Gasteiger partial charge in [-0.1, -0.05) is 0 Å². The van der Waals surface area contributed by atoms with Crippen LogP contribution in [0.1, 0.15) is 24.2 Å². The second-order valence-corrected chi connectivity index (χ2v) is 3.14. The molecule has 0 aliphatic rings. The molecule has 0 N–H and O–H groups in total. The molecule has 0 aliphatic carbocycles. The normalized spacial score (nSPS) is 9.88. The van der Waals surface area contributed by atoms with Crippen LogP contribution in [-0.2, 0) is 4.74 Å². The van der Waals surface area contributed by atoms with Gasteiger partial charge in [0.1, 0.15) is 11.4 Å². The average Bonchev–Trinajstić information content (AvgIpc) is 2.31. The van der Waals surface area contributed by atoms with Crippen molar-refractivity contribution in [3.05, 3.63) is 23.5 Å². The second-order valence-electron chi connectivity index (χ2n) is 3.14. The number of hydrogen-bond donors (Lipinski definition) is 0. The SMILES string of the molecule is CCOc1cc(F)cc(C(=O)OC)c1OCC. The van der Waals surface area contributed by atoms with Crippen LogP contribution >= 0.6 is 0 Å². The number of esters is 1. The zero-order valence-corrected chi connectivity index (χ0v) is 10.1. The van der Waals surface area contributed by atoms with Crippen LogP contribution in [0, 0.1) is 5.82 Å². The lowest BCUT2D eigenvalue weighted by Gasteiger charge is -2.14. The van der Waals surface area contributed by atoms with Gasteiger partial charge in [-0.05, 0) is 19.9 Å². The summed E-state index contributed by atoms with van der Waals surface area (Å²) in [4.78, 5) is 11.5. The van der Waals surface area contributed by atoms with Gasteiger partial charge in [0, 0.05) is 6.07 Å². The van der Waals surface area contributed by atoms with E-state index >= 15 is 0 Å². The Balaban J connectivity index is 3.29. The molecule has 0 saturated carbocycles. The summed E-state index contributed by atoms with van der Waals surface area (Å²) in [6, 6.07) is 2.25. The Labute approximate surface area is 99.3 Å². The minimum atomic E-state index is -0.658. The van der Waals surface area contributed by atoms with E-state index in [1.807, 2.05) is 0 Å². The first-order valence-electron chi connectivity index (χ1n) is 5.31. The zero-order valence-electron chi connectivity index (χ0n) is 10.1. The molecule has 4 nitrogen and oxygen atoms in total. The van der Waals surface area contributed by atoms with Gasteiger partial charge < -0.3 is 14.2 Å². The highest BCUT2D eigenvalue weighted by atomic mass is 19.1. The van der Waals surface area contributed by atoms with Crippen LogP contribution in [0.4, 0.5) is 4.39 Å². The molecule has 0 spiro atoms. The number of halogens is 1. The zero-order chi connectivity index (χ0) is 12.8. The lowest BCUT2D eigenvalue weighted by molar-refractivity contribution is 0.0594. The molecule has 0 amide bonds. The Bertz CT molecular complexity index is 404. The number of ether oxygens (including phenoxy) is 3. The maximum Gasteiger partial charge on any atom is 0.341 e. The molecule has 0 radical (unpaired) electrons. The number of benzene rings is 1. The van der Waals surface area contributed by atoms with Crippen LogP contribution in [0.5, 0.6) is 11.5 Å². The Kier molecular flexibility index (Phi) is 4.75. The van der Waals surface area contributed by atoms with Crippen molar-refractivity contribution in [2.75, 3.05) is 20.3 Å². The third kappa shape index (κ3) is 3.09. The molecule has 1 rings (SSSR count). The second kappa shape index (κ2) is 6.08. The van der Waals surface area contributed by atoms with Crippen molar-refractivity contribution in [1.82, 2.24) is 0 Å². The molecule has 0 aromatic heterocycles. The molecule has 0 atom stereocenters. The van der Waals surface area contributed by atoms with Crippen molar-refractivity contribution in [2.24, 2.45) is 0 Å². The summed E-state index contributed by atoms with van der Waals surface area (Å²) in [6.07, 6.45) is 0. The van der Waals surface area contributed by atoms with E-state index in [1.54, 1.807) is 13.8 Å². The van der Waals surface area contributed by atoms with Crippen LogP contribution in [0.15, 0.2) is 12.1 Å². The first-order valence-corrected chi connectivity index (χ1v) is 5.31.